The molecule has 2 rings (SSSR count). The van der Waals surface area contributed by atoms with Gasteiger partial charge in [0.2, 0.25) is 0 Å². The van der Waals surface area contributed by atoms with E-state index >= 15 is 0 Å². The second-order valence-electron chi connectivity index (χ2n) is 6.03. The minimum absolute atomic E-state index is 0.0218. The molecular formula is C19H26N4O4. The number of ether oxygens (including phenoxy) is 2. The first-order valence-corrected chi connectivity index (χ1v) is 8.94. The Morgan fingerprint density at radius 1 is 1.07 bits per heavy atom. The lowest BCUT2D eigenvalue weighted by molar-refractivity contribution is -0.122. The largest absolute Gasteiger partial charge is 0.490 e. The van der Waals surface area contributed by atoms with E-state index in [1.54, 1.807) is 22.9 Å². The molecule has 0 saturated heterocycles. The molecule has 0 aliphatic carbocycles. The Morgan fingerprint density at radius 3 is 2.48 bits per heavy atom. The SMILES string of the molecule is CCCOc1ccc(C(=O)NNC(=O)Cn2nc(C)cc2C)cc1OCC. The van der Waals surface area contributed by atoms with Crippen molar-refractivity contribution in [3.8, 4) is 11.5 Å². The highest BCUT2D eigenvalue weighted by Crippen LogP contribution is 2.28. The van der Waals surface area contributed by atoms with E-state index in [0.29, 0.717) is 30.3 Å². The van der Waals surface area contributed by atoms with Gasteiger partial charge < -0.3 is 9.47 Å². The van der Waals surface area contributed by atoms with Crippen molar-refractivity contribution in [1.82, 2.24) is 20.6 Å². The molecule has 146 valence electrons. The number of nitrogens with zero attached hydrogens (tertiary/aromatic N) is 2. The first-order chi connectivity index (χ1) is 12.9. The number of rotatable bonds is 8. The molecule has 2 amide bonds. The van der Waals surface area contributed by atoms with Crippen LogP contribution in [0, 0.1) is 13.8 Å². The average Bonchev–Trinajstić information content (AvgIpc) is 2.95. The third-order valence-electron chi connectivity index (χ3n) is 3.68. The van der Waals surface area contributed by atoms with Crippen molar-refractivity contribution in [2.24, 2.45) is 0 Å². The number of hydrazine groups is 1. The minimum atomic E-state index is -0.445. The molecule has 0 aliphatic heterocycles. The van der Waals surface area contributed by atoms with Gasteiger partial charge in [-0.05, 0) is 51.5 Å². The summed E-state index contributed by atoms with van der Waals surface area (Å²) in [7, 11) is 0. The van der Waals surface area contributed by atoms with E-state index in [-0.39, 0.29) is 12.5 Å². The van der Waals surface area contributed by atoms with Crippen LogP contribution in [-0.4, -0.2) is 34.8 Å². The van der Waals surface area contributed by atoms with Crippen LogP contribution >= 0.6 is 0 Å². The number of carbonyl (C=O) groups excluding carboxylic acids is 2. The van der Waals surface area contributed by atoms with Crippen molar-refractivity contribution in [3.05, 3.63) is 41.2 Å². The Kier molecular flexibility index (Phi) is 7.22. The van der Waals surface area contributed by atoms with Crippen molar-refractivity contribution >= 4 is 11.8 Å². The Labute approximate surface area is 158 Å². The van der Waals surface area contributed by atoms with Crippen LogP contribution in [0.25, 0.3) is 0 Å². The van der Waals surface area contributed by atoms with Crippen molar-refractivity contribution < 1.29 is 19.1 Å². The summed E-state index contributed by atoms with van der Waals surface area (Å²) < 4.78 is 12.7. The third-order valence-corrected chi connectivity index (χ3v) is 3.68. The summed E-state index contributed by atoms with van der Waals surface area (Å²) in [5.41, 5.74) is 6.86. The van der Waals surface area contributed by atoms with Gasteiger partial charge in [-0.15, -0.1) is 0 Å². The number of benzene rings is 1. The second-order valence-corrected chi connectivity index (χ2v) is 6.03. The Bertz CT molecular complexity index is 801. The van der Waals surface area contributed by atoms with E-state index < -0.39 is 5.91 Å². The number of amides is 2. The molecule has 0 atom stereocenters. The monoisotopic (exact) mass is 374 g/mol. The predicted octanol–water partition coefficient (Wildman–Crippen LogP) is 2.15. The highest BCUT2D eigenvalue weighted by Gasteiger charge is 2.13. The number of hydrogen-bond acceptors (Lipinski definition) is 5. The lowest BCUT2D eigenvalue weighted by atomic mass is 10.2. The summed E-state index contributed by atoms with van der Waals surface area (Å²) in [4.78, 5) is 24.3. The van der Waals surface area contributed by atoms with Gasteiger partial charge in [0, 0.05) is 11.3 Å². The molecule has 0 saturated carbocycles. The van der Waals surface area contributed by atoms with Gasteiger partial charge in [0.25, 0.3) is 11.8 Å². The summed E-state index contributed by atoms with van der Waals surface area (Å²) in [6, 6.07) is 6.78. The van der Waals surface area contributed by atoms with Crippen LogP contribution in [-0.2, 0) is 11.3 Å². The third kappa shape index (κ3) is 5.73. The number of nitrogens with one attached hydrogen (secondary N) is 2. The van der Waals surface area contributed by atoms with Gasteiger partial charge in [-0.1, -0.05) is 6.92 Å². The number of hydrogen-bond donors (Lipinski definition) is 2. The van der Waals surface area contributed by atoms with Crippen molar-refractivity contribution in [2.75, 3.05) is 13.2 Å². The van der Waals surface area contributed by atoms with Gasteiger partial charge in [-0.2, -0.15) is 5.10 Å². The van der Waals surface area contributed by atoms with Crippen LogP contribution < -0.4 is 20.3 Å². The van der Waals surface area contributed by atoms with Gasteiger partial charge in [-0.25, -0.2) is 0 Å². The molecule has 27 heavy (non-hydrogen) atoms. The highest BCUT2D eigenvalue weighted by molar-refractivity contribution is 5.96. The molecule has 2 N–H and O–H groups in total. The highest BCUT2D eigenvalue weighted by atomic mass is 16.5. The fraction of sp³-hybridized carbons (Fsp3) is 0.421. The minimum Gasteiger partial charge on any atom is -0.490 e. The van der Waals surface area contributed by atoms with Crippen LogP contribution in [0.15, 0.2) is 24.3 Å². The summed E-state index contributed by atoms with van der Waals surface area (Å²) in [5.74, 6) is 0.263. The number of aromatic nitrogens is 2. The smallest absolute Gasteiger partial charge is 0.269 e. The first kappa shape index (κ1) is 20.3. The number of carbonyl (C=O) groups is 2. The van der Waals surface area contributed by atoms with Crippen LogP contribution in [0.2, 0.25) is 0 Å². The van der Waals surface area contributed by atoms with Gasteiger partial charge in [0.05, 0.1) is 18.9 Å². The van der Waals surface area contributed by atoms with E-state index in [4.69, 9.17) is 9.47 Å². The van der Waals surface area contributed by atoms with Crippen LogP contribution in [0.4, 0.5) is 0 Å². The van der Waals surface area contributed by atoms with E-state index in [9.17, 15) is 9.59 Å². The summed E-state index contributed by atoms with van der Waals surface area (Å²) in [6.07, 6.45) is 0.870. The maximum absolute atomic E-state index is 12.3. The Morgan fingerprint density at radius 2 is 1.85 bits per heavy atom. The lowest BCUT2D eigenvalue weighted by Crippen LogP contribution is -2.43. The quantitative estimate of drug-likeness (QED) is 0.691. The molecule has 0 unspecified atom stereocenters. The van der Waals surface area contributed by atoms with Crippen LogP contribution in [0.3, 0.4) is 0 Å². The maximum atomic E-state index is 12.3. The summed E-state index contributed by atoms with van der Waals surface area (Å²) in [5, 5.41) is 4.21. The van der Waals surface area contributed by atoms with E-state index in [1.807, 2.05) is 33.8 Å². The lowest BCUT2D eigenvalue weighted by Gasteiger charge is -2.13. The molecule has 0 fully saturated rings. The maximum Gasteiger partial charge on any atom is 0.269 e. The van der Waals surface area contributed by atoms with Crippen molar-refractivity contribution in [2.45, 2.75) is 40.7 Å². The average molecular weight is 374 g/mol. The van der Waals surface area contributed by atoms with Crippen LogP contribution in [0.5, 0.6) is 11.5 Å². The molecule has 0 radical (unpaired) electrons. The Hall–Kier alpha value is -3.03. The Balaban J connectivity index is 1.97. The molecule has 8 heteroatoms. The normalized spacial score (nSPS) is 10.4. The molecule has 1 aromatic carbocycles. The molecule has 0 aliphatic rings. The van der Waals surface area contributed by atoms with E-state index in [2.05, 4.69) is 16.0 Å². The fourth-order valence-corrected chi connectivity index (χ4v) is 2.46. The predicted molar refractivity (Wildman–Crippen MR) is 101 cm³/mol. The first-order valence-electron chi connectivity index (χ1n) is 8.94. The van der Waals surface area contributed by atoms with Gasteiger partial charge in [0.15, 0.2) is 11.5 Å². The topological polar surface area (TPSA) is 94.5 Å². The standard InChI is InChI=1S/C19H26N4O4/c1-5-9-27-16-8-7-15(11-17(16)26-6-2)19(25)21-20-18(24)12-23-14(4)10-13(3)22-23/h7-8,10-11H,5-6,9,12H2,1-4H3,(H,20,24)(H,21,25). The molecular weight excluding hydrogens is 348 g/mol. The fourth-order valence-electron chi connectivity index (χ4n) is 2.46. The second kappa shape index (κ2) is 9.61. The molecule has 0 spiro atoms. The van der Waals surface area contributed by atoms with Crippen LogP contribution in [0.1, 0.15) is 42.0 Å². The zero-order valence-electron chi connectivity index (χ0n) is 16.2. The molecule has 1 aromatic heterocycles. The van der Waals surface area contributed by atoms with Crippen molar-refractivity contribution in [3.63, 3.8) is 0 Å². The molecule has 2 aromatic rings. The van der Waals surface area contributed by atoms with Crippen molar-refractivity contribution in [1.29, 1.82) is 0 Å². The van der Waals surface area contributed by atoms with E-state index in [1.165, 1.54) is 0 Å². The van der Waals surface area contributed by atoms with E-state index in [0.717, 1.165) is 17.8 Å². The summed E-state index contributed by atoms with van der Waals surface area (Å²) in [6.45, 7) is 8.62. The molecule has 1 heterocycles. The zero-order chi connectivity index (χ0) is 19.8. The summed E-state index contributed by atoms with van der Waals surface area (Å²) >= 11 is 0. The molecule has 0 bridgehead atoms. The van der Waals surface area contributed by atoms with Gasteiger partial charge >= 0.3 is 0 Å². The zero-order valence-corrected chi connectivity index (χ0v) is 16.2. The van der Waals surface area contributed by atoms with Gasteiger partial charge in [-0.3, -0.25) is 25.1 Å². The number of aryl methyl sites for hydroxylation is 2. The molecule has 8 nitrogen and oxygen atoms in total. The van der Waals surface area contributed by atoms with Gasteiger partial charge in [0.1, 0.15) is 6.54 Å².